The number of halogens is 1. The molecule has 0 radical (unpaired) electrons. The summed E-state index contributed by atoms with van der Waals surface area (Å²) in [6.07, 6.45) is 2.34. The van der Waals surface area contributed by atoms with E-state index in [1.807, 2.05) is 0 Å². The van der Waals surface area contributed by atoms with Crippen molar-refractivity contribution in [3.05, 3.63) is 69.7 Å². The van der Waals surface area contributed by atoms with Crippen LogP contribution in [0.2, 0.25) is 0 Å². The molecular formula is C17H18BrN. The zero-order chi connectivity index (χ0) is 13.1. The molecule has 0 unspecified atom stereocenters. The predicted molar refractivity (Wildman–Crippen MR) is 83.3 cm³/mol. The zero-order valence-corrected chi connectivity index (χ0v) is 12.6. The zero-order valence-electron chi connectivity index (χ0n) is 11.0. The summed E-state index contributed by atoms with van der Waals surface area (Å²) in [5.74, 6) is 0. The van der Waals surface area contributed by atoms with Gasteiger partial charge in [0.05, 0.1) is 0 Å². The van der Waals surface area contributed by atoms with Gasteiger partial charge in [0.15, 0.2) is 0 Å². The van der Waals surface area contributed by atoms with Crippen molar-refractivity contribution in [1.29, 1.82) is 0 Å². The van der Waals surface area contributed by atoms with Crippen LogP contribution in [0.3, 0.4) is 0 Å². The quantitative estimate of drug-likeness (QED) is 0.808. The Bertz CT molecular complexity index is 538. The molecule has 1 aliphatic rings. The van der Waals surface area contributed by atoms with Gasteiger partial charge in [0.25, 0.3) is 0 Å². The van der Waals surface area contributed by atoms with Crippen LogP contribution in [0.15, 0.2) is 53.0 Å². The Hall–Kier alpha value is -1.12. The van der Waals surface area contributed by atoms with Gasteiger partial charge in [0.1, 0.15) is 0 Å². The minimum atomic E-state index is 1.05. The molecule has 0 atom stereocenters. The van der Waals surface area contributed by atoms with E-state index in [0.717, 1.165) is 19.6 Å². The number of hydrogen-bond donors (Lipinski definition) is 0. The van der Waals surface area contributed by atoms with Crippen LogP contribution in [-0.2, 0) is 19.4 Å². The first kappa shape index (κ1) is 12.9. The Kier molecular flexibility index (Phi) is 4.00. The fraction of sp³-hybridized carbons (Fsp3) is 0.294. The maximum Gasteiger partial charge on any atom is 0.0234 e. The van der Waals surface area contributed by atoms with E-state index in [1.54, 1.807) is 0 Å². The van der Waals surface area contributed by atoms with Crippen LogP contribution in [-0.4, -0.2) is 18.0 Å². The molecule has 0 N–H and O–H groups in total. The predicted octanol–water partition coefficient (Wildman–Crippen LogP) is 4.05. The number of hydrogen-bond acceptors (Lipinski definition) is 1. The Morgan fingerprint density at radius 1 is 0.895 bits per heavy atom. The van der Waals surface area contributed by atoms with E-state index in [2.05, 4.69) is 69.4 Å². The summed E-state index contributed by atoms with van der Waals surface area (Å²) in [4.78, 5) is 2.56. The van der Waals surface area contributed by atoms with Gasteiger partial charge in [0, 0.05) is 24.1 Å². The first-order valence-electron chi connectivity index (χ1n) is 6.85. The molecule has 0 saturated carbocycles. The number of benzene rings is 2. The second-order valence-electron chi connectivity index (χ2n) is 5.17. The molecule has 2 aromatic carbocycles. The largest absolute Gasteiger partial charge is 0.298 e. The third-order valence-electron chi connectivity index (χ3n) is 3.81. The van der Waals surface area contributed by atoms with E-state index in [1.165, 1.54) is 34.0 Å². The number of rotatable bonds is 2. The maximum absolute atomic E-state index is 3.55. The van der Waals surface area contributed by atoms with Gasteiger partial charge in [-0.3, -0.25) is 4.90 Å². The first-order valence-corrected chi connectivity index (χ1v) is 7.64. The van der Waals surface area contributed by atoms with Crippen LogP contribution in [0.25, 0.3) is 0 Å². The van der Waals surface area contributed by atoms with Crippen LogP contribution < -0.4 is 0 Å². The van der Waals surface area contributed by atoms with E-state index in [-0.39, 0.29) is 0 Å². The molecule has 98 valence electrons. The standard InChI is InChI=1S/C17H18BrN/c18-17-7-3-4-14(12-17)13-19-10-8-15-5-1-2-6-16(15)9-11-19/h1-7,12H,8-11,13H2. The Morgan fingerprint density at radius 3 is 2.21 bits per heavy atom. The third-order valence-corrected chi connectivity index (χ3v) is 4.30. The highest BCUT2D eigenvalue weighted by Crippen LogP contribution is 2.18. The van der Waals surface area contributed by atoms with Crippen molar-refractivity contribution in [2.75, 3.05) is 13.1 Å². The van der Waals surface area contributed by atoms with E-state index < -0.39 is 0 Å². The van der Waals surface area contributed by atoms with Crippen LogP contribution in [0, 0.1) is 0 Å². The first-order chi connectivity index (χ1) is 9.31. The van der Waals surface area contributed by atoms with Crippen molar-refractivity contribution in [3.63, 3.8) is 0 Å². The lowest BCUT2D eigenvalue weighted by molar-refractivity contribution is 0.279. The lowest BCUT2D eigenvalue weighted by Gasteiger charge is -2.19. The van der Waals surface area contributed by atoms with Crippen molar-refractivity contribution in [2.24, 2.45) is 0 Å². The molecule has 3 rings (SSSR count). The summed E-state index contributed by atoms with van der Waals surface area (Å²) in [6, 6.07) is 17.5. The third kappa shape index (κ3) is 3.26. The van der Waals surface area contributed by atoms with Crippen molar-refractivity contribution in [1.82, 2.24) is 4.90 Å². The lowest BCUT2D eigenvalue weighted by atomic mass is 10.0. The van der Waals surface area contributed by atoms with Gasteiger partial charge in [0.2, 0.25) is 0 Å². The van der Waals surface area contributed by atoms with Crippen molar-refractivity contribution < 1.29 is 0 Å². The van der Waals surface area contributed by atoms with Crippen molar-refractivity contribution >= 4 is 15.9 Å². The summed E-state index contributed by atoms with van der Waals surface area (Å²) in [5, 5.41) is 0. The summed E-state index contributed by atoms with van der Waals surface area (Å²) < 4.78 is 1.17. The minimum Gasteiger partial charge on any atom is -0.298 e. The van der Waals surface area contributed by atoms with Crippen molar-refractivity contribution in [3.8, 4) is 0 Å². The van der Waals surface area contributed by atoms with Gasteiger partial charge in [-0.2, -0.15) is 0 Å². The Morgan fingerprint density at radius 2 is 1.58 bits per heavy atom. The Balaban J connectivity index is 1.69. The summed E-state index contributed by atoms with van der Waals surface area (Å²) >= 11 is 3.55. The van der Waals surface area contributed by atoms with Gasteiger partial charge < -0.3 is 0 Å². The maximum atomic E-state index is 3.55. The number of fused-ring (bicyclic) bond motifs is 1. The second kappa shape index (κ2) is 5.89. The highest BCUT2D eigenvalue weighted by molar-refractivity contribution is 9.10. The molecule has 1 heterocycles. The monoisotopic (exact) mass is 315 g/mol. The average Bonchev–Trinajstić information content (AvgIpc) is 2.62. The normalized spacial score (nSPS) is 15.8. The lowest BCUT2D eigenvalue weighted by Crippen LogP contribution is -2.25. The van der Waals surface area contributed by atoms with Crippen LogP contribution in [0.4, 0.5) is 0 Å². The molecule has 2 heteroatoms. The molecule has 0 saturated heterocycles. The fourth-order valence-corrected chi connectivity index (χ4v) is 3.21. The molecule has 0 bridgehead atoms. The molecule has 2 aromatic rings. The topological polar surface area (TPSA) is 3.24 Å². The summed E-state index contributed by atoms with van der Waals surface area (Å²) in [5.41, 5.74) is 4.44. The van der Waals surface area contributed by atoms with Crippen LogP contribution in [0.5, 0.6) is 0 Å². The van der Waals surface area contributed by atoms with Crippen LogP contribution in [0.1, 0.15) is 16.7 Å². The molecule has 0 amide bonds. The highest BCUT2D eigenvalue weighted by atomic mass is 79.9. The second-order valence-corrected chi connectivity index (χ2v) is 6.09. The molecule has 1 aliphatic heterocycles. The average molecular weight is 316 g/mol. The van der Waals surface area contributed by atoms with Gasteiger partial charge in [-0.15, -0.1) is 0 Å². The van der Waals surface area contributed by atoms with Crippen LogP contribution >= 0.6 is 15.9 Å². The highest BCUT2D eigenvalue weighted by Gasteiger charge is 2.13. The van der Waals surface area contributed by atoms with Gasteiger partial charge >= 0.3 is 0 Å². The molecule has 1 nitrogen and oxygen atoms in total. The fourth-order valence-electron chi connectivity index (χ4n) is 2.77. The van der Waals surface area contributed by atoms with Crippen molar-refractivity contribution in [2.45, 2.75) is 19.4 Å². The van der Waals surface area contributed by atoms with E-state index in [4.69, 9.17) is 0 Å². The molecular weight excluding hydrogens is 298 g/mol. The molecule has 0 aromatic heterocycles. The molecule has 19 heavy (non-hydrogen) atoms. The summed E-state index contributed by atoms with van der Waals surface area (Å²) in [6.45, 7) is 3.36. The molecule has 0 spiro atoms. The van der Waals surface area contributed by atoms with Gasteiger partial charge in [-0.05, 0) is 41.7 Å². The Labute approximate surface area is 123 Å². The smallest absolute Gasteiger partial charge is 0.0234 e. The van der Waals surface area contributed by atoms with Gasteiger partial charge in [-0.1, -0.05) is 52.3 Å². The van der Waals surface area contributed by atoms with E-state index in [0.29, 0.717) is 0 Å². The molecule has 0 fully saturated rings. The SMILES string of the molecule is Brc1cccc(CN2CCc3ccccc3CC2)c1. The summed E-state index contributed by atoms with van der Waals surface area (Å²) in [7, 11) is 0. The van der Waals surface area contributed by atoms with E-state index >= 15 is 0 Å². The minimum absolute atomic E-state index is 1.05. The van der Waals surface area contributed by atoms with Gasteiger partial charge in [-0.25, -0.2) is 0 Å². The molecule has 0 aliphatic carbocycles. The van der Waals surface area contributed by atoms with E-state index in [9.17, 15) is 0 Å². The number of nitrogens with zero attached hydrogens (tertiary/aromatic N) is 1.